The third-order valence-electron chi connectivity index (χ3n) is 2.76. The van der Waals surface area contributed by atoms with Gasteiger partial charge in [0.15, 0.2) is 9.84 Å². The third kappa shape index (κ3) is 3.50. The molecule has 2 aromatic carbocycles. The van der Waals surface area contributed by atoms with E-state index in [-0.39, 0.29) is 10.3 Å². The summed E-state index contributed by atoms with van der Waals surface area (Å²) in [6.07, 6.45) is 1.18. The molecule has 0 fully saturated rings. The van der Waals surface area contributed by atoms with E-state index in [9.17, 15) is 8.42 Å². The molecule has 5 heteroatoms. The summed E-state index contributed by atoms with van der Waals surface area (Å²) in [5.74, 6) is 0. The van der Waals surface area contributed by atoms with Gasteiger partial charge in [-0.15, -0.1) is 11.6 Å². The van der Waals surface area contributed by atoms with Crippen molar-refractivity contribution in [3.63, 3.8) is 0 Å². The van der Waals surface area contributed by atoms with Gasteiger partial charge in [-0.25, -0.2) is 8.42 Å². The first kappa shape index (κ1) is 14.4. The number of sulfone groups is 1. The number of hydrogen-bond donors (Lipinski definition) is 0. The van der Waals surface area contributed by atoms with E-state index in [4.69, 9.17) is 23.2 Å². The molecule has 0 bridgehead atoms. The maximum atomic E-state index is 11.4. The molecule has 0 radical (unpaired) electrons. The Morgan fingerprint density at radius 2 is 1.32 bits per heavy atom. The van der Waals surface area contributed by atoms with Crippen LogP contribution in [0.3, 0.4) is 0 Å². The van der Waals surface area contributed by atoms with Crippen molar-refractivity contribution in [2.75, 3.05) is 6.26 Å². The van der Waals surface area contributed by atoms with E-state index in [1.807, 2.05) is 12.1 Å². The van der Waals surface area contributed by atoms with Gasteiger partial charge in [0.1, 0.15) is 0 Å². The van der Waals surface area contributed by atoms with E-state index in [1.165, 1.54) is 6.26 Å². The normalized spacial score (nSPS) is 13.2. The van der Waals surface area contributed by atoms with Gasteiger partial charge in [0, 0.05) is 11.3 Å². The second-order valence-corrected chi connectivity index (χ2v) is 7.14. The lowest BCUT2D eigenvalue weighted by molar-refractivity contribution is 0.602. The number of rotatable bonds is 3. The van der Waals surface area contributed by atoms with Crippen molar-refractivity contribution in [2.24, 2.45) is 0 Å². The minimum Gasteiger partial charge on any atom is -0.224 e. The number of halogens is 2. The van der Waals surface area contributed by atoms with E-state index < -0.39 is 9.84 Å². The molecule has 0 aromatic heterocycles. The van der Waals surface area contributed by atoms with Crippen molar-refractivity contribution in [1.29, 1.82) is 0 Å². The van der Waals surface area contributed by atoms with Crippen LogP contribution in [-0.4, -0.2) is 14.7 Å². The van der Waals surface area contributed by atoms with E-state index in [1.54, 1.807) is 36.4 Å². The van der Waals surface area contributed by atoms with Crippen LogP contribution in [0.4, 0.5) is 0 Å². The lowest BCUT2D eigenvalue weighted by Crippen LogP contribution is -1.98. The molecule has 0 aliphatic heterocycles. The van der Waals surface area contributed by atoms with Gasteiger partial charge in [-0.05, 0) is 35.4 Å². The molecule has 2 aromatic rings. The monoisotopic (exact) mass is 314 g/mol. The largest absolute Gasteiger partial charge is 0.224 e. The highest BCUT2D eigenvalue weighted by molar-refractivity contribution is 7.90. The fourth-order valence-electron chi connectivity index (χ4n) is 1.71. The van der Waals surface area contributed by atoms with Crippen molar-refractivity contribution >= 4 is 33.0 Å². The predicted octanol–water partition coefficient (Wildman–Crippen LogP) is 4.07. The topological polar surface area (TPSA) is 34.1 Å². The average molecular weight is 315 g/mol. The lowest BCUT2D eigenvalue weighted by atomic mass is 10.0. The van der Waals surface area contributed by atoms with Crippen LogP contribution in [0, 0.1) is 0 Å². The summed E-state index contributed by atoms with van der Waals surface area (Å²) in [7, 11) is -3.18. The van der Waals surface area contributed by atoms with Crippen molar-refractivity contribution in [3.8, 4) is 0 Å². The van der Waals surface area contributed by atoms with E-state index in [0.29, 0.717) is 5.02 Å². The molecule has 0 amide bonds. The van der Waals surface area contributed by atoms with Crippen LogP contribution >= 0.6 is 23.2 Å². The first-order valence-electron chi connectivity index (χ1n) is 5.57. The summed E-state index contributed by atoms with van der Waals surface area (Å²) in [6, 6.07) is 13.8. The molecule has 2 rings (SSSR count). The quantitative estimate of drug-likeness (QED) is 0.800. The fourth-order valence-corrected chi connectivity index (χ4v) is 2.76. The summed E-state index contributed by atoms with van der Waals surface area (Å²) < 4.78 is 22.7. The first-order chi connectivity index (χ1) is 8.88. The number of alkyl halides is 1. The molecule has 0 saturated heterocycles. The third-order valence-corrected chi connectivity index (χ3v) is 4.65. The van der Waals surface area contributed by atoms with E-state index in [2.05, 4.69) is 0 Å². The molecular formula is C14H12Cl2O2S. The summed E-state index contributed by atoms with van der Waals surface area (Å²) >= 11 is 12.2. The first-order valence-corrected chi connectivity index (χ1v) is 8.28. The molecule has 100 valence electrons. The standard InChI is InChI=1S/C14H12Cl2O2S/c1-19(17,18)13-8-4-11(5-9-13)14(16)10-2-6-12(15)7-3-10/h2-9,14H,1H3. The zero-order chi connectivity index (χ0) is 14.0. The predicted molar refractivity (Wildman–Crippen MR) is 78.7 cm³/mol. The second kappa shape index (κ2) is 5.53. The molecule has 1 atom stereocenters. The summed E-state index contributed by atoms with van der Waals surface area (Å²) in [6.45, 7) is 0. The maximum absolute atomic E-state index is 11.4. The van der Waals surface area contributed by atoms with Gasteiger partial charge in [-0.1, -0.05) is 35.9 Å². The molecule has 0 aliphatic carbocycles. The van der Waals surface area contributed by atoms with Crippen LogP contribution in [0.25, 0.3) is 0 Å². The zero-order valence-corrected chi connectivity index (χ0v) is 12.5. The van der Waals surface area contributed by atoms with Gasteiger partial charge in [0.05, 0.1) is 10.3 Å². The molecule has 0 spiro atoms. The lowest BCUT2D eigenvalue weighted by Gasteiger charge is -2.11. The highest BCUT2D eigenvalue weighted by Crippen LogP contribution is 2.30. The van der Waals surface area contributed by atoms with Crippen molar-refractivity contribution < 1.29 is 8.42 Å². The molecule has 0 aliphatic rings. The van der Waals surface area contributed by atoms with Crippen molar-refractivity contribution in [3.05, 3.63) is 64.7 Å². The Hall–Kier alpha value is -1.03. The molecule has 0 saturated carbocycles. The molecule has 2 nitrogen and oxygen atoms in total. The Bertz CT molecular complexity index is 662. The number of hydrogen-bond acceptors (Lipinski definition) is 2. The smallest absolute Gasteiger partial charge is 0.175 e. The molecule has 1 unspecified atom stereocenters. The second-order valence-electron chi connectivity index (χ2n) is 4.26. The Morgan fingerprint density at radius 1 is 0.895 bits per heavy atom. The van der Waals surface area contributed by atoms with Gasteiger partial charge in [0.2, 0.25) is 0 Å². The van der Waals surface area contributed by atoms with Crippen molar-refractivity contribution in [2.45, 2.75) is 10.3 Å². The highest BCUT2D eigenvalue weighted by Gasteiger charge is 2.12. The summed E-state index contributed by atoms with van der Waals surface area (Å²) in [5.41, 5.74) is 1.76. The van der Waals surface area contributed by atoms with Crippen LogP contribution < -0.4 is 0 Å². The van der Waals surface area contributed by atoms with Crippen LogP contribution in [0.1, 0.15) is 16.5 Å². The van der Waals surface area contributed by atoms with Gasteiger partial charge in [-0.3, -0.25) is 0 Å². The minimum atomic E-state index is -3.18. The molecule has 19 heavy (non-hydrogen) atoms. The van der Waals surface area contributed by atoms with Crippen molar-refractivity contribution in [1.82, 2.24) is 0 Å². The molecule has 0 N–H and O–H groups in total. The Kier molecular flexibility index (Phi) is 4.19. The van der Waals surface area contributed by atoms with Gasteiger partial charge < -0.3 is 0 Å². The Balaban J connectivity index is 2.30. The van der Waals surface area contributed by atoms with Crippen LogP contribution in [0.5, 0.6) is 0 Å². The zero-order valence-electron chi connectivity index (χ0n) is 10.2. The molecule has 0 heterocycles. The summed E-state index contributed by atoms with van der Waals surface area (Å²) in [5, 5.41) is 0.325. The fraction of sp³-hybridized carbons (Fsp3) is 0.143. The number of benzene rings is 2. The molecular weight excluding hydrogens is 303 g/mol. The van der Waals surface area contributed by atoms with Gasteiger partial charge in [-0.2, -0.15) is 0 Å². The van der Waals surface area contributed by atoms with Gasteiger partial charge >= 0.3 is 0 Å². The average Bonchev–Trinajstić information content (AvgIpc) is 2.38. The maximum Gasteiger partial charge on any atom is 0.175 e. The summed E-state index contributed by atoms with van der Waals surface area (Å²) in [4.78, 5) is 0.288. The minimum absolute atomic E-state index is 0.288. The Labute approximate surface area is 122 Å². The van der Waals surface area contributed by atoms with Crippen LogP contribution in [0.2, 0.25) is 5.02 Å². The highest BCUT2D eigenvalue weighted by atomic mass is 35.5. The van der Waals surface area contributed by atoms with E-state index >= 15 is 0 Å². The Morgan fingerprint density at radius 3 is 1.74 bits per heavy atom. The van der Waals surface area contributed by atoms with Gasteiger partial charge in [0.25, 0.3) is 0 Å². The van der Waals surface area contributed by atoms with E-state index in [0.717, 1.165) is 11.1 Å². The van der Waals surface area contributed by atoms with Crippen LogP contribution in [-0.2, 0) is 9.84 Å². The van der Waals surface area contributed by atoms with Crippen LogP contribution in [0.15, 0.2) is 53.4 Å². The SMILES string of the molecule is CS(=O)(=O)c1ccc(C(Cl)c2ccc(Cl)cc2)cc1.